The van der Waals surface area contributed by atoms with E-state index >= 15 is 0 Å². The molecule has 146 valence electrons. The summed E-state index contributed by atoms with van der Waals surface area (Å²) in [5.74, 6) is -0.205. The van der Waals surface area contributed by atoms with Crippen LogP contribution in [0.3, 0.4) is 0 Å². The minimum atomic E-state index is -0.236. The topological polar surface area (TPSA) is 55.2 Å². The van der Waals surface area contributed by atoms with Crippen LogP contribution < -0.4 is 5.56 Å². The summed E-state index contributed by atoms with van der Waals surface area (Å²) in [5.41, 5.74) is 7.29. The first-order valence-electron chi connectivity index (χ1n) is 10.1. The van der Waals surface area contributed by atoms with Gasteiger partial charge in [-0.25, -0.2) is 0 Å². The van der Waals surface area contributed by atoms with Gasteiger partial charge in [0, 0.05) is 31.2 Å². The Morgan fingerprint density at radius 1 is 1.03 bits per heavy atom. The van der Waals surface area contributed by atoms with Gasteiger partial charge in [0.2, 0.25) is 0 Å². The maximum atomic E-state index is 13.4. The predicted molar refractivity (Wildman–Crippen MR) is 111 cm³/mol. The van der Waals surface area contributed by atoms with Crippen molar-refractivity contribution in [2.75, 3.05) is 0 Å². The van der Waals surface area contributed by atoms with Crippen LogP contribution in [-0.2, 0) is 25.9 Å². The third-order valence-corrected chi connectivity index (χ3v) is 6.12. The van der Waals surface area contributed by atoms with Crippen LogP contribution in [0, 0.1) is 13.8 Å². The van der Waals surface area contributed by atoms with Crippen LogP contribution in [-0.4, -0.2) is 20.4 Å². The number of carbonyl (C=O) groups excluding carboxylic acids is 1. The van der Waals surface area contributed by atoms with Crippen molar-refractivity contribution in [3.8, 4) is 5.69 Å². The van der Waals surface area contributed by atoms with Crippen molar-refractivity contribution in [2.24, 2.45) is 0 Å². The van der Waals surface area contributed by atoms with Crippen LogP contribution in [0.4, 0.5) is 0 Å². The van der Waals surface area contributed by atoms with Gasteiger partial charge in [0.1, 0.15) is 5.56 Å². The number of rotatable bonds is 2. The minimum Gasteiger partial charge on any atom is -0.330 e. The average molecular weight is 385 g/mol. The fourth-order valence-electron chi connectivity index (χ4n) is 4.60. The molecule has 1 amide bonds. The Morgan fingerprint density at radius 2 is 1.86 bits per heavy atom. The maximum absolute atomic E-state index is 13.4. The molecule has 5 heteroatoms. The molecule has 0 unspecified atom stereocenters. The van der Waals surface area contributed by atoms with Crippen LogP contribution in [0.5, 0.6) is 0 Å². The summed E-state index contributed by atoms with van der Waals surface area (Å²) in [5, 5.41) is 0. The number of hydrogen-bond acceptors (Lipinski definition) is 3. The molecule has 0 spiro atoms. The molecule has 2 aromatic heterocycles. The van der Waals surface area contributed by atoms with E-state index in [4.69, 9.17) is 0 Å². The lowest BCUT2D eigenvalue weighted by Crippen LogP contribution is -2.34. The van der Waals surface area contributed by atoms with Gasteiger partial charge in [-0.2, -0.15) is 0 Å². The third kappa shape index (κ3) is 2.89. The Morgan fingerprint density at radius 3 is 2.72 bits per heavy atom. The Kier molecular flexibility index (Phi) is 4.12. The second kappa shape index (κ2) is 6.69. The Bertz CT molecular complexity index is 1210. The number of hydrogen-bond donors (Lipinski definition) is 0. The zero-order valence-corrected chi connectivity index (χ0v) is 16.7. The van der Waals surface area contributed by atoms with Crippen molar-refractivity contribution in [2.45, 2.75) is 46.2 Å². The highest BCUT2D eigenvalue weighted by Crippen LogP contribution is 2.28. The van der Waals surface area contributed by atoms with E-state index in [-0.39, 0.29) is 17.0 Å². The van der Waals surface area contributed by atoms with Crippen LogP contribution in [0.15, 0.2) is 47.5 Å². The molecule has 0 saturated carbocycles. The summed E-state index contributed by atoms with van der Waals surface area (Å²) in [6, 6.07) is 10.0. The van der Waals surface area contributed by atoms with E-state index in [9.17, 15) is 9.59 Å². The lowest BCUT2D eigenvalue weighted by Gasteiger charge is -2.18. The van der Waals surface area contributed by atoms with Gasteiger partial charge >= 0.3 is 0 Å². The number of carbonyl (C=O) groups is 1. The molecule has 0 atom stereocenters. The largest absolute Gasteiger partial charge is 0.330 e. The molecule has 0 N–H and O–H groups in total. The molecule has 1 aliphatic carbocycles. The van der Waals surface area contributed by atoms with Crippen LogP contribution >= 0.6 is 0 Å². The third-order valence-electron chi connectivity index (χ3n) is 6.12. The molecule has 29 heavy (non-hydrogen) atoms. The number of nitrogens with zero attached hydrogens (tertiary/aromatic N) is 3. The molecule has 5 rings (SSSR count). The Hall–Kier alpha value is -3.21. The minimum absolute atomic E-state index is 0.205. The van der Waals surface area contributed by atoms with E-state index in [1.165, 1.54) is 11.1 Å². The van der Waals surface area contributed by atoms with E-state index in [0.29, 0.717) is 18.7 Å². The summed E-state index contributed by atoms with van der Waals surface area (Å²) in [7, 11) is 0. The van der Waals surface area contributed by atoms with Crippen molar-refractivity contribution in [3.63, 3.8) is 0 Å². The second-order valence-corrected chi connectivity index (χ2v) is 8.07. The van der Waals surface area contributed by atoms with E-state index in [1.807, 2.05) is 44.3 Å². The first kappa shape index (κ1) is 17.9. The maximum Gasteiger partial charge on any atom is 0.268 e. The van der Waals surface area contributed by atoms with Crippen molar-refractivity contribution >= 4 is 5.91 Å². The van der Waals surface area contributed by atoms with Gasteiger partial charge in [0.25, 0.3) is 11.5 Å². The summed E-state index contributed by atoms with van der Waals surface area (Å²) in [6.45, 7) is 4.80. The number of amides is 1. The highest BCUT2D eigenvalue weighted by Gasteiger charge is 2.28. The highest BCUT2D eigenvalue weighted by molar-refractivity contribution is 5.95. The molecular weight excluding hydrogens is 362 g/mol. The molecule has 5 nitrogen and oxygen atoms in total. The smallest absolute Gasteiger partial charge is 0.268 e. The van der Waals surface area contributed by atoms with E-state index < -0.39 is 0 Å². The molecule has 1 aromatic carbocycles. The SMILES string of the molecule is Cc1cc2c(cn1)CN(C(=O)c1c(C)ccn(-c3cccc4c3CCC4)c1=O)C2. The van der Waals surface area contributed by atoms with E-state index in [1.54, 1.807) is 15.7 Å². The number of pyridine rings is 2. The van der Waals surface area contributed by atoms with Gasteiger partial charge in [0.15, 0.2) is 0 Å². The number of benzene rings is 1. The molecule has 3 heterocycles. The van der Waals surface area contributed by atoms with Crippen LogP contribution in [0.2, 0.25) is 0 Å². The highest BCUT2D eigenvalue weighted by atomic mass is 16.2. The lowest BCUT2D eigenvalue weighted by molar-refractivity contribution is 0.0748. The van der Waals surface area contributed by atoms with Gasteiger partial charge in [-0.05, 0) is 79.1 Å². The van der Waals surface area contributed by atoms with Crippen molar-refractivity contribution in [3.05, 3.63) is 92.2 Å². The zero-order valence-electron chi connectivity index (χ0n) is 16.7. The van der Waals surface area contributed by atoms with E-state index in [0.717, 1.165) is 41.8 Å². The first-order valence-corrected chi connectivity index (χ1v) is 10.1. The van der Waals surface area contributed by atoms with Crippen molar-refractivity contribution in [1.82, 2.24) is 14.5 Å². The van der Waals surface area contributed by atoms with Gasteiger partial charge < -0.3 is 4.90 Å². The molecule has 0 fully saturated rings. The Balaban J connectivity index is 1.55. The fourth-order valence-corrected chi connectivity index (χ4v) is 4.60. The molecule has 1 aliphatic heterocycles. The van der Waals surface area contributed by atoms with Gasteiger partial charge in [-0.3, -0.25) is 19.1 Å². The Labute approximate surface area is 169 Å². The van der Waals surface area contributed by atoms with Crippen LogP contribution in [0.1, 0.15) is 50.3 Å². The van der Waals surface area contributed by atoms with E-state index in [2.05, 4.69) is 11.1 Å². The molecule has 0 radical (unpaired) electrons. The molecular formula is C24H23N3O2. The normalized spacial score (nSPS) is 14.8. The fraction of sp³-hybridized carbons (Fsp3) is 0.292. The van der Waals surface area contributed by atoms with Crippen molar-refractivity contribution < 1.29 is 4.79 Å². The first-order chi connectivity index (χ1) is 14.0. The molecule has 0 bridgehead atoms. The predicted octanol–water partition coefficient (Wildman–Crippen LogP) is 3.49. The average Bonchev–Trinajstić information content (AvgIpc) is 3.34. The van der Waals surface area contributed by atoms with Gasteiger partial charge in [-0.15, -0.1) is 0 Å². The van der Waals surface area contributed by atoms with Gasteiger partial charge in [0.05, 0.1) is 5.69 Å². The summed E-state index contributed by atoms with van der Waals surface area (Å²) >= 11 is 0. The summed E-state index contributed by atoms with van der Waals surface area (Å²) in [6.07, 6.45) is 6.77. The lowest BCUT2D eigenvalue weighted by atomic mass is 10.1. The number of aromatic nitrogens is 2. The summed E-state index contributed by atoms with van der Waals surface area (Å²) < 4.78 is 1.65. The molecule has 3 aromatic rings. The van der Waals surface area contributed by atoms with Crippen molar-refractivity contribution in [1.29, 1.82) is 0 Å². The zero-order chi connectivity index (χ0) is 20.1. The number of fused-ring (bicyclic) bond motifs is 2. The number of aryl methyl sites for hydroxylation is 3. The molecule has 0 saturated heterocycles. The molecule has 2 aliphatic rings. The quantitative estimate of drug-likeness (QED) is 0.679. The second-order valence-electron chi connectivity index (χ2n) is 8.07. The monoisotopic (exact) mass is 385 g/mol. The van der Waals surface area contributed by atoms with Gasteiger partial charge in [-0.1, -0.05) is 12.1 Å². The summed E-state index contributed by atoms with van der Waals surface area (Å²) in [4.78, 5) is 32.9. The standard InChI is InChI=1S/C24H23N3O2/c1-15-9-10-27(21-8-4-6-17-5-3-7-20(17)21)24(29)22(15)23(28)26-13-18-11-16(2)25-12-19(18)14-26/h4,6,8-12H,3,5,7,13-14H2,1-2H3. The van der Waals surface area contributed by atoms with Crippen LogP contribution in [0.25, 0.3) is 5.69 Å².